The predicted octanol–water partition coefficient (Wildman–Crippen LogP) is 1.24. The summed E-state index contributed by atoms with van der Waals surface area (Å²) in [6.45, 7) is 4.25. The number of ether oxygens (including phenoxy) is 1. The molecule has 0 amide bonds. The lowest BCUT2D eigenvalue weighted by Crippen LogP contribution is -2.37. The summed E-state index contributed by atoms with van der Waals surface area (Å²) in [6.07, 6.45) is 1.59. The van der Waals surface area contributed by atoms with Gasteiger partial charge in [-0.2, -0.15) is 0 Å². The lowest BCUT2D eigenvalue weighted by molar-refractivity contribution is 0.122. The minimum absolute atomic E-state index is 0.0729. The lowest BCUT2D eigenvalue weighted by Gasteiger charge is -2.27. The van der Waals surface area contributed by atoms with Crippen LogP contribution in [0.1, 0.15) is 11.4 Å². The van der Waals surface area contributed by atoms with Gasteiger partial charge in [0.1, 0.15) is 17.5 Å². The summed E-state index contributed by atoms with van der Waals surface area (Å²) < 4.78 is 45.9. The summed E-state index contributed by atoms with van der Waals surface area (Å²) in [4.78, 5) is 10.5. The van der Waals surface area contributed by atoms with E-state index < -0.39 is 15.8 Å². The Balaban J connectivity index is 1.73. The second-order valence-corrected chi connectivity index (χ2v) is 7.40. The second-order valence-electron chi connectivity index (χ2n) is 5.66. The molecular formula is C16H19FN4O3S. The van der Waals surface area contributed by atoms with Crippen LogP contribution < -0.4 is 9.62 Å². The molecule has 1 aliphatic heterocycles. The van der Waals surface area contributed by atoms with Crippen LogP contribution in [0.15, 0.2) is 35.4 Å². The average Bonchev–Trinajstić information content (AvgIpc) is 2.63. The number of hydrogen-bond acceptors (Lipinski definition) is 6. The van der Waals surface area contributed by atoms with Crippen LogP contribution >= 0.6 is 0 Å². The van der Waals surface area contributed by atoms with Crippen LogP contribution in [0, 0.1) is 12.7 Å². The second kappa shape index (κ2) is 7.42. The number of rotatable bonds is 5. The number of benzene rings is 1. The van der Waals surface area contributed by atoms with Crippen molar-refractivity contribution >= 4 is 15.8 Å². The summed E-state index contributed by atoms with van der Waals surface area (Å²) >= 11 is 0. The fraction of sp³-hybridized carbons (Fsp3) is 0.375. The molecule has 134 valence electrons. The molecule has 7 nitrogen and oxygen atoms in total. The van der Waals surface area contributed by atoms with E-state index in [-0.39, 0.29) is 11.4 Å². The zero-order chi connectivity index (χ0) is 17.9. The fourth-order valence-corrected chi connectivity index (χ4v) is 3.78. The van der Waals surface area contributed by atoms with Crippen LogP contribution in [-0.4, -0.2) is 44.7 Å². The van der Waals surface area contributed by atoms with Gasteiger partial charge < -0.3 is 9.64 Å². The number of sulfonamides is 1. The maximum Gasteiger partial charge on any atom is 0.241 e. The molecule has 25 heavy (non-hydrogen) atoms. The Bertz CT molecular complexity index is 854. The Labute approximate surface area is 145 Å². The van der Waals surface area contributed by atoms with Gasteiger partial charge in [-0.1, -0.05) is 6.07 Å². The highest BCUT2D eigenvalue weighted by Crippen LogP contribution is 2.17. The number of nitrogens with one attached hydrogen (secondary N) is 1. The maximum absolute atomic E-state index is 13.4. The smallest absolute Gasteiger partial charge is 0.241 e. The molecule has 2 heterocycles. The highest BCUT2D eigenvalue weighted by atomic mass is 32.2. The van der Waals surface area contributed by atoms with Gasteiger partial charge >= 0.3 is 0 Å². The zero-order valence-corrected chi connectivity index (χ0v) is 14.6. The number of halogens is 1. The molecular weight excluding hydrogens is 347 g/mol. The van der Waals surface area contributed by atoms with Crippen molar-refractivity contribution in [1.29, 1.82) is 0 Å². The minimum Gasteiger partial charge on any atom is -0.378 e. The molecule has 0 unspecified atom stereocenters. The first-order valence-corrected chi connectivity index (χ1v) is 9.34. The molecule has 0 atom stereocenters. The number of aromatic nitrogens is 2. The van der Waals surface area contributed by atoms with Gasteiger partial charge in [0, 0.05) is 19.3 Å². The van der Waals surface area contributed by atoms with E-state index in [2.05, 4.69) is 19.6 Å². The van der Waals surface area contributed by atoms with E-state index in [4.69, 9.17) is 4.74 Å². The molecule has 3 rings (SSSR count). The molecule has 1 fully saturated rings. The molecule has 1 saturated heterocycles. The first-order chi connectivity index (χ1) is 12.0. The van der Waals surface area contributed by atoms with Crippen molar-refractivity contribution in [3.8, 4) is 0 Å². The Morgan fingerprint density at radius 2 is 2.04 bits per heavy atom. The summed E-state index contributed by atoms with van der Waals surface area (Å²) in [5, 5.41) is 0. The normalized spacial score (nSPS) is 15.4. The SMILES string of the molecule is Cc1ccc(F)cc1S(=O)(=O)NCc1nccc(N2CCOCC2)n1. The molecule has 2 aromatic rings. The Morgan fingerprint density at radius 3 is 2.80 bits per heavy atom. The molecule has 0 aliphatic carbocycles. The van der Waals surface area contributed by atoms with Crippen molar-refractivity contribution in [2.45, 2.75) is 18.4 Å². The van der Waals surface area contributed by atoms with Crippen molar-refractivity contribution in [2.24, 2.45) is 0 Å². The quantitative estimate of drug-likeness (QED) is 0.857. The number of nitrogens with zero attached hydrogens (tertiary/aromatic N) is 3. The minimum atomic E-state index is -3.85. The van der Waals surface area contributed by atoms with Gasteiger partial charge in [0.05, 0.1) is 24.7 Å². The number of hydrogen-bond donors (Lipinski definition) is 1. The molecule has 1 aromatic heterocycles. The van der Waals surface area contributed by atoms with Crippen molar-refractivity contribution < 1.29 is 17.5 Å². The molecule has 0 spiro atoms. The number of anilines is 1. The van der Waals surface area contributed by atoms with Crippen molar-refractivity contribution in [3.63, 3.8) is 0 Å². The number of aryl methyl sites for hydroxylation is 1. The zero-order valence-electron chi connectivity index (χ0n) is 13.8. The van der Waals surface area contributed by atoms with Crippen molar-refractivity contribution in [3.05, 3.63) is 47.7 Å². The van der Waals surface area contributed by atoms with Crippen LogP contribution in [0.4, 0.5) is 10.2 Å². The molecule has 9 heteroatoms. The Morgan fingerprint density at radius 1 is 1.28 bits per heavy atom. The third-order valence-electron chi connectivity index (χ3n) is 3.89. The van der Waals surface area contributed by atoms with E-state index in [9.17, 15) is 12.8 Å². The standard InChI is InChI=1S/C16H19FN4O3S/c1-12-2-3-13(17)10-14(12)25(22,23)19-11-15-18-5-4-16(20-15)21-6-8-24-9-7-21/h2-5,10,19H,6-9,11H2,1H3. The highest BCUT2D eigenvalue weighted by Gasteiger charge is 2.19. The topological polar surface area (TPSA) is 84.4 Å². The first kappa shape index (κ1) is 17.7. The third-order valence-corrected chi connectivity index (χ3v) is 5.43. The van der Waals surface area contributed by atoms with Crippen LogP contribution in [-0.2, 0) is 21.3 Å². The Hall–Kier alpha value is -2.10. The Kier molecular flexibility index (Phi) is 5.26. The van der Waals surface area contributed by atoms with Gasteiger partial charge in [-0.05, 0) is 30.7 Å². The fourth-order valence-electron chi connectivity index (χ4n) is 2.54. The van der Waals surface area contributed by atoms with Gasteiger partial charge in [-0.25, -0.2) is 27.5 Å². The van der Waals surface area contributed by atoms with Gasteiger partial charge in [-0.15, -0.1) is 0 Å². The maximum atomic E-state index is 13.4. The van der Waals surface area contributed by atoms with Crippen LogP contribution in [0.2, 0.25) is 0 Å². The van der Waals surface area contributed by atoms with Gasteiger partial charge in [0.15, 0.2) is 0 Å². The molecule has 0 radical (unpaired) electrons. The van der Waals surface area contributed by atoms with E-state index >= 15 is 0 Å². The molecule has 0 bridgehead atoms. The van der Waals surface area contributed by atoms with Gasteiger partial charge in [-0.3, -0.25) is 0 Å². The molecule has 1 aliphatic rings. The monoisotopic (exact) mass is 366 g/mol. The summed E-state index contributed by atoms with van der Waals surface area (Å²) in [5.74, 6) is 0.479. The molecule has 1 aromatic carbocycles. The van der Waals surface area contributed by atoms with E-state index in [1.807, 2.05) is 0 Å². The summed E-state index contributed by atoms with van der Waals surface area (Å²) in [5.41, 5.74) is 0.469. The van der Waals surface area contributed by atoms with E-state index in [0.717, 1.165) is 25.0 Å². The third kappa shape index (κ3) is 4.30. The first-order valence-electron chi connectivity index (χ1n) is 7.86. The summed E-state index contributed by atoms with van der Waals surface area (Å²) in [6, 6.07) is 5.44. The van der Waals surface area contributed by atoms with Crippen molar-refractivity contribution in [1.82, 2.24) is 14.7 Å². The van der Waals surface area contributed by atoms with Crippen LogP contribution in [0.5, 0.6) is 0 Å². The van der Waals surface area contributed by atoms with E-state index in [1.165, 1.54) is 12.1 Å². The highest BCUT2D eigenvalue weighted by molar-refractivity contribution is 7.89. The van der Waals surface area contributed by atoms with Gasteiger partial charge in [0.25, 0.3) is 0 Å². The predicted molar refractivity (Wildman–Crippen MR) is 90.2 cm³/mol. The average molecular weight is 366 g/mol. The van der Waals surface area contributed by atoms with Gasteiger partial charge in [0.2, 0.25) is 10.0 Å². The van der Waals surface area contributed by atoms with E-state index in [0.29, 0.717) is 24.6 Å². The molecule has 1 N–H and O–H groups in total. The molecule has 0 saturated carbocycles. The lowest BCUT2D eigenvalue weighted by atomic mass is 10.2. The van der Waals surface area contributed by atoms with Crippen LogP contribution in [0.3, 0.4) is 0 Å². The van der Waals surface area contributed by atoms with Crippen LogP contribution in [0.25, 0.3) is 0 Å². The van der Waals surface area contributed by atoms with E-state index in [1.54, 1.807) is 19.2 Å². The number of morpholine rings is 1. The summed E-state index contributed by atoms with van der Waals surface area (Å²) in [7, 11) is -3.85. The largest absolute Gasteiger partial charge is 0.378 e. The van der Waals surface area contributed by atoms with Crippen molar-refractivity contribution in [2.75, 3.05) is 31.2 Å².